The molecule has 0 radical (unpaired) electrons. The van der Waals surface area contributed by atoms with Gasteiger partial charge in [0.1, 0.15) is 5.82 Å². The molecule has 1 unspecified atom stereocenters. The van der Waals surface area contributed by atoms with Gasteiger partial charge in [-0.3, -0.25) is 9.59 Å². The molecule has 8 heteroatoms. The highest BCUT2D eigenvalue weighted by Crippen LogP contribution is 2.19. The van der Waals surface area contributed by atoms with Crippen molar-refractivity contribution >= 4 is 23.5 Å². The van der Waals surface area contributed by atoms with Crippen LogP contribution in [0.1, 0.15) is 54.3 Å². The van der Waals surface area contributed by atoms with Crippen molar-refractivity contribution < 1.29 is 18.8 Å². The van der Waals surface area contributed by atoms with E-state index in [2.05, 4.69) is 16.0 Å². The van der Waals surface area contributed by atoms with Crippen LogP contribution in [-0.4, -0.2) is 47.9 Å². The van der Waals surface area contributed by atoms with Crippen molar-refractivity contribution in [3.8, 4) is 0 Å². The van der Waals surface area contributed by atoms with Gasteiger partial charge in [0, 0.05) is 42.0 Å². The minimum atomic E-state index is -0.419. The first-order chi connectivity index (χ1) is 15.6. The van der Waals surface area contributed by atoms with Crippen molar-refractivity contribution in [3.05, 3.63) is 65.5 Å². The molecular formula is C25H31FN4O3. The number of urea groups is 1. The number of hydrogen-bond donors (Lipinski definition) is 3. The van der Waals surface area contributed by atoms with Crippen molar-refractivity contribution in [3.63, 3.8) is 0 Å². The molecule has 0 aliphatic carbocycles. The number of likely N-dealkylation sites (tertiary alicyclic amines) is 1. The Kier molecular flexibility index (Phi) is 7.68. The quantitative estimate of drug-likeness (QED) is 0.637. The monoisotopic (exact) mass is 454 g/mol. The molecule has 7 nitrogen and oxygen atoms in total. The van der Waals surface area contributed by atoms with E-state index < -0.39 is 11.8 Å². The van der Waals surface area contributed by atoms with E-state index in [4.69, 9.17) is 0 Å². The van der Waals surface area contributed by atoms with Crippen LogP contribution in [0.25, 0.3) is 0 Å². The summed E-state index contributed by atoms with van der Waals surface area (Å²) in [7, 11) is 0. The van der Waals surface area contributed by atoms with E-state index in [1.807, 2.05) is 20.8 Å². The molecule has 2 aromatic rings. The summed E-state index contributed by atoms with van der Waals surface area (Å²) in [6.07, 6.45) is 1.74. The maximum atomic E-state index is 13.3. The number of carbonyl (C=O) groups excluding carboxylic acids is 3. The number of carbonyl (C=O) groups is 3. The van der Waals surface area contributed by atoms with Crippen LogP contribution in [0.2, 0.25) is 0 Å². The minimum Gasteiger partial charge on any atom is -0.347 e. The molecule has 1 heterocycles. The Balaban J connectivity index is 1.51. The molecule has 1 atom stereocenters. The number of hydrogen-bond acceptors (Lipinski definition) is 3. The molecule has 33 heavy (non-hydrogen) atoms. The van der Waals surface area contributed by atoms with Crippen molar-refractivity contribution in [2.75, 3.05) is 25.0 Å². The number of nitrogens with one attached hydrogen (secondary N) is 3. The molecule has 1 saturated heterocycles. The Morgan fingerprint density at radius 1 is 1.06 bits per heavy atom. The third-order valence-corrected chi connectivity index (χ3v) is 5.32. The van der Waals surface area contributed by atoms with Crippen molar-refractivity contribution in [2.24, 2.45) is 5.92 Å². The topological polar surface area (TPSA) is 90.5 Å². The fraction of sp³-hybridized carbons (Fsp3) is 0.400. The van der Waals surface area contributed by atoms with Crippen LogP contribution < -0.4 is 16.0 Å². The summed E-state index contributed by atoms with van der Waals surface area (Å²) in [5.41, 5.74) is 1.08. The van der Waals surface area contributed by atoms with Gasteiger partial charge < -0.3 is 20.9 Å². The number of anilines is 1. The summed E-state index contributed by atoms with van der Waals surface area (Å²) in [4.78, 5) is 39.1. The minimum absolute atomic E-state index is 0.0910. The Labute approximate surface area is 193 Å². The molecular weight excluding hydrogens is 423 g/mol. The highest BCUT2D eigenvalue weighted by molar-refractivity contribution is 5.98. The summed E-state index contributed by atoms with van der Waals surface area (Å²) in [6.45, 7) is 7.33. The molecule has 0 bridgehead atoms. The zero-order valence-corrected chi connectivity index (χ0v) is 19.3. The number of piperidine rings is 1. The summed E-state index contributed by atoms with van der Waals surface area (Å²) in [5.74, 6) is -0.566. The van der Waals surface area contributed by atoms with Gasteiger partial charge in [-0.2, -0.15) is 0 Å². The Morgan fingerprint density at radius 2 is 1.76 bits per heavy atom. The molecule has 1 aliphatic heterocycles. The van der Waals surface area contributed by atoms with Gasteiger partial charge in [-0.1, -0.05) is 6.07 Å². The zero-order valence-electron chi connectivity index (χ0n) is 19.3. The Bertz CT molecular complexity index is 1000. The van der Waals surface area contributed by atoms with E-state index in [-0.39, 0.29) is 23.3 Å². The van der Waals surface area contributed by atoms with Crippen molar-refractivity contribution in [2.45, 2.75) is 39.2 Å². The molecule has 176 valence electrons. The first kappa shape index (κ1) is 24.2. The second kappa shape index (κ2) is 10.5. The first-order valence-corrected chi connectivity index (χ1v) is 11.1. The SMILES string of the molecule is CC(C)(C)NC(=O)c1ccc(C(=O)N2CCCC(CNC(=O)Nc3cccc(F)c3)C2)cc1. The maximum Gasteiger partial charge on any atom is 0.319 e. The first-order valence-electron chi connectivity index (χ1n) is 11.1. The van der Waals surface area contributed by atoms with E-state index in [9.17, 15) is 18.8 Å². The van der Waals surface area contributed by atoms with Crippen molar-refractivity contribution in [1.82, 2.24) is 15.5 Å². The lowest BCUT2D eigenvalue weighted by Crippen LogP contribution is -2.44. The van der Waals surface area contributed by atoms with Gasteiger partial charge in [0.2, 0.25) is 0 Å². The van der Waals surface area contributed by atoms with Crippen LogP contribution in [-0.2, 0) is 0 Å². The predicted octanol–water partition coefficient (Wildman–Crippen LogP) is 4.03. The van der Waals surface area contributed by atoms with Gasteiger partial charge in [0.05, 0.1) is 0 Å². The number of halogens is 1. The van der Waals surface area contributed by atoms with Gasteiger partial charge in [-0.15, -0.1) is 0 Å². The predicted molar refractivity (Wildman–Crippen MR) is 126 cm³/mol. The van der Waals surface area contributed by atoms with Gasteiger partial charge >= 0.3 is 6.03 Å². The fourth-order valence-electron chi connectivity index (χ4n) is 3.75. The molecule has 2 aromatic carbocycles. The van der Waals surface area contributed by atoms with E-state index in [1.54, 1.807) is 35.2 Å². The standard InChI is InChI=1S/C25H31FN4O3/c1-25(2,3)29-22(31)18-9-11-19(12-10-18)23(32)30-13-5-6-17(16-30)15-27-24(33)28-21-8-4-7-20(26)14-21/h4,7-12,14,17H,5-6,13,15-16H2,1-3H3,(H,29,31)(H2,27,28,33). The van der Waals surface area contributed by atoms with E-state index in [1.165, 1.54) is 18.2 Å². The second-order valence-corrected chi connectivity index (χ2v) is 9.39. The largest absolute Gasteiger partial charge is 0.347 e. The fourth-order valence-corrected chi connectivity index (χ4v) is 3.75. The molecule has 1 aliphatic rings. The average molecular weight is 455 g/mol. The lowest BCUT2D eigenvalue weighted by atomic mass is 9.97. The highest BCUT2D eigenvalue weighted by Gasteiger charge is 2.25. The van der Waals surface area contributed by atoms with Gasteiger partial charge in [0.25, 0.3) is 11.8 Å². The highest BCUT2D eigenvalue weighted by atomic mass is 19.1. The van der Waals surface area contributed by atoms with Crippen LogP contribution in [0.5, 0.6) is 0 Å². The summed E-state index contributed by atoms with van der Waals surface area (Å²) in [6, 6.07) is 12.0. The van der Waals surface area contributed by atoms with Gasteiger partial charge in [-0.05, 0) is 82.0 Å². The van der Waals surface area contributed by atoms with Crippen LogP contribution in [0.4, 0.5) is 14.9 Å². The van der Waals surface area contributed by atoms with Gasteiger partial charge in [0.15, 0.2) is 0 Å². The van der Waals surface area contributed by atoms with E-state index in [0.717, 1.165) is 12.8 Å². The van der Waals surface area contributed by atoms with Crippen LogP contribution in [0, 0.1) is 11.7 Å². The zero-order chi connectivity index (χ0) is 24.0. The number of benzene rings is 2. The molecule has 3 rings (SSSR count). The molecule has 4 amide bonds. The lowest BCUT2D eigenvalue weighted by molar-refractivity contribution is 0.0674. The average Bonchev–Trinajstić information content (AvgIpc) is 2.76. The number of amides is 4. The van der Waals surface area contributed by atoms with Gasteiger partial charge in [-0.25, -0.2) is 9.18 Å². The van der Waals surface area contributed by atoms with Crippen LogP contribution in [0.3, 0.4) is 0 Å². The molecule has 0 spiro atoms. The summed E-state index contributed by atoms with van der Waals surface area (Å²) in [5, 5.41) is 8.31. The number of rotatable bonds is 5. The lowest BCUT2D eigenvalue weighted by Gasteiger charge is -2.33. The van der Waals surface area contributed by atoms with E-state index in [0.29, 0.717) is 36.4 Å². The van der Waals surface area contributed by atoms with E-state index >= 15 is 0 Å². The van der Waals surface area contributed by atoms with Crippen LogP contribution >= 0.6 is 0 Å². The Morgan fingerprint density at radius 3 is 2.42 bits per heavy atom. The number of nitrogens with zero attached hydrogens (tertiary/aromatic N) is 1. The normalized spacial score (nSPS) is 16.1. The third-order valence-electron chi connectivity index (χ3n) is 5.32. The Hall–Kier alpha value is -3.42. The van der Waals surface area contributed by atoms with Crippen LogP contribution in [0.15, 0.2) is 48.5 Å². The molecule has 3 N–H and O–H groups in total. The summed E-state index contributed by atoms with van der Waals surface area (Å²) < 4.78 is 13.3. The molecule has 1 fully saturated rings. The second-order valence-electron chi connectivity index (χ2n) is 9.39. The molecule has 0 aromatic heterocycles. The van der Waals surface area contributed by atoms with Crippen molar-refractivity contribution in [1.29, 1.82) is 0 Å². The maximum absolute atomic E-state index is 13.3. The summed E-state index contributed by atoms with van der Waals surface area (Å²) >= 11 is 0. The smallest absolute Gasteiger partial charge is 0.319 e. The third kappa shape index (κ3) is 7.30. The molecule has 0 saturated carbocycles.